The number of amides is 2. The summed E-state index contributed by atoms with van der Waals surface area (Å²) in [6.45, 7) is 11.2. The minimum Gasteiger partial charge on any atom is -0.376 e. The van der Waals surface area contributed by atoms with Crippen molar-refractivity contribution in [1.82, 2.24) is 14.8 Å². The number of carbonyl (C=O) groups is 2. The summed E-state index contributed by atoms with van der Waals surface area (Å²) in [7, 11) is 5.50. The molecule has 1 aliphatic heterocycles. The average molecular weight is 605 g/mol. The zero-order chi connectivity index (χ0) is 31.4. The van der Waals surface area contributed by atoms with E-state index in [1.807, 2.05) is 44.1 Å². The Bertz CT molecular complexity index is 1530. The molecule has 226 valence electrons. The van der Waals surface area contributed by atoms with Crippen LogP contribution >= 0.6 is 11.6 Å². The number of para-hydroxylation sites is 1. The molecule has 2 amide bonds. The highest BCUT2D eigenvalue weighted by Gasteiger charge is 2.33. The summed E-state index contributed by atoms with van der Waals surface area (Å²) >= 11 is 6.84. The molecule has 2 aromatic carbocycles. The molecule has 1 aromatic heterocycles. The number of pyridine rings is 1. The van der Waals surface area contributed by atoms with E-state index in [4.69, 9.17) is 16.6 Å². The lowest BCUT2D eigenvalue weighted by atomic mass is 9.98. The Balaban J connectivity index is 1.99. The summed E-state index contributed by atoms with van der Waals surface area (Å²) < 4.78 is 15.1. The molecule has 0 N–H and O–H groups in total. The van der Waals surface area contributed by atoms with E-state index in [1.165, 1.54) is 17.0 Å². The number of rotatable bonds is 8. The van der Waals surface area contributed by atoms with Crippen molar-refractivity contribution in [3.8, 4) is 11.3 Å². The van der Waals surface area contributed by atoms with Crippen LogP contribution in [0.4, 0.5) is 21.6 Å². The van der Waals surface area contributed by atoms with Crippen LogP contribution in [-0.2, 0) is 9.59 Å². The molecular weight excluding hydrogens is 567 g/mol. The number of aromatic nitrogens is 1. The van der Waals surface area contributed by atoms with Gasteiger partial charge in [-0.05, 0) is 48.7 Å². The second kappa shape index (κ2) is 13.4. The third kappa shape index (κ3) is 6.27. The molecule has 0 saturated carbocycles. The second-order valence-electron chi connectivity index (χ2n) is 11.0. The molecule has 1 fully saturated rings. The van der Waals surface area contributed by atoms with Crippen molar-refractivity contribution in [1.29, 1.82) is 0 Å². The van der Waals surface area contributed by atoms with E-state index in [1.54, 1.807) is 36.2 Å². The van der Waals surface area contributed by atoms with Gasteiger partial charge in [0.25, 0.3) is 0 Å². The molecule has 0 radical (unpaired) electrons. The highest BCUT2D eigenvalue weighted by Crippen LogP contribution is 2.42. The van der Waals surface area contributed by atoms with Crippen LogP contribution in [-0.4, -0.2) is 79.8 Å². The Morgan fingerprint density at radius 2 is 1.91 bits per heavy atom. The molecular formula is C33H38ClFN6O2. The van der Waals surface area contributed by atoms with Crippen molar-refractivity contribution in [2.75, 3.05) is 50.6 Å². The van der Waals surface area contributed by atoms with Crippen LogP contribution < -0.4 is 9.80 Å². The van der Waals surface area contributed by atoms with Gasteiger partial charge in [0, 0.05) is 52.4 Å². The van der Waals surface area contributed by atoms with Gasteiger partial charge in [-0.1, -0.05) is 56.3 Å². The van der Waals surface area contributed by atoms with E-state index in [0.717, 1.165) is 17.7 Å². The Hall–Kier alpha value is -4.24. The van der Waals surface area contributed by atoms with E-state index in [0.29, 0.717) is 36.7 Å². The molecule has 1 saturated heterocycles. The van der Waals surface area contributed by atoms with Gasteiger partial charge >= 0.3 is 0 Å². The van der Waals surface area contributed by atoms with Gasteiger partial charge in [0.05, 0.1) is 27.7 Å². The van der Waals surface area contributed by atoms with Crippen molar-refractivity contribution >= 4 is 46.9 Å². The van der Waals surface area contributed by atoms with Gasteiger partial charge in [-0.3, -0.25) is 19.5 Å². The van der Waals surface area contributed by atoms with E-state index >= 15 is 4.39 Å². The normalized spacial score (nSPS) is 15.5. The van der Waals surface area contributed by atoms with Gasteiger partial charge in [-0.15, -0.1) is 0 Å². The maximum Gasteiger partial charge on any atom is 0.246 e. The lowest BCUT2D eigenvalue weighted by Crippen LogP contribution is -2.55. The van der Waals surface area contributed by atoms with Gasteiger partial charge in [-0.2, -0.15) is 0 Å². The molecule has 4 rings (SSSR count). The highest BCUT2D eigenvalue weighted by atomic mass is 35.5. The van der Waals surface area contributed by atoms with Crippen LogP contribution in [0.5, 0.6) is 0 Å². The molecule has 0 spiro atoms. The standard InChI is InChI=1S/C33H38ClFN6O2/c1-8-29(43)39-16-17-40(22(4)19-39)32(36-5)25-18-26(34)30(24-12-9-10-14-27(24)35)37-33(25)41(20-42)31-23(21(2)3)13-11-15-28(31)38(6)7/h8-15,18,20-22H,1,16-17,19H2,2-7H3/b36-32+. The first-order chi connectivity index (χ1) is 20.5. The SMILES string of the molecule is C=CC(=O)N1CCN(/C(=N/C)c2cc(Cl)c(-c3ccccc3F)nc2N(C=O)c2c(C(C)C)cccc2N(C)C)C(C)C1. The molecule has 0 bridgehead atoms. The lowest BCUT2D eigenvalue weighted by Gasteiger charge is -2.41. The van der Waals surface area contributed by atoms with Gasteiger partial charge < -0.3 is 14.7 Å². The van der Waals surface area contributed by atoms with Crippen LogP contribution in [0.2, 0.25) is 5.02 Å². The molecule has 1 atom stereocenters. The summed E-state index contributed by atoms with van der Waals surface area (Å²) in [5.41, 5.74) is 3.36. The Labute approximate surface area is 258 Å². The van der Waals surface area contributed by atoms with Gasteiger partial charge in [0.1, 0.15) is 11.7 Å². The number of hydrogen-bond donors (Lipinski definition) is 0. The molecule has 2 heterocycles. The van der Waals surface area contributed by atoms with Gasteiger partial charge in [-0.25, -0.2) is 9.37 Å². The number of amidine groups is 1. The summed E-state index contributed by atoms with van der Waals surface area (Å²) in [4.78, 5) is 42.4. The predicted molar refractivity (Wildman–Crippen MR) is 173 cm³/mol. The first-order valence-corrected chi connectivity index (χ1v) is 14.6. The number of carbonyl (C=O) groups excluding carboxylic acids is 2. The van der Waals surface area contributed by atoms with E-state index in [9.17, 15) is 9.59 Å². The van der Waals surface area contributed by atoms with E-state index in [2.05, 4.69) is 30.3 Å². The Morgan fingerprint density at radius 1 is 1.19 bits per heavy atom. The van der Waals surface area contributed by atoms with Crippen LogP contribution in [0.15, 0.2) is 66.2 Å². The topological polar surface area (TPSA) is 72.4 Å². The zero-order valence-corrected chi connectivity index (χ0v) is 26.3. The quantitative estimate of drug-likeness (QED) is 0.134. The van der Waals surface area contributed by atoms with Gasteiger partial charge in [0.2, 0.25) is 12.3 Å². The van der Waals surface area contributed by atoms with E-state index in [-0.39, 0.29) is 40.0 Å². The minimum absolute atomic E-state index is 0.0777. The number of hydrogen-bond acceptors (Lipinski definition) is 5. The molecule has 3 aromatic rings. The highest BCUT2D eigenvalue weighted by molar-refractivity contribution is 6.33. The number of piperazine rings is 1. The molecule has 1 unspecified atom stereocenters. The molecule has 0 aliphatic carbocycles. The minimum atomic E-state index is -0.481. The fraction of sp³-hybridized carbons (Fsp3) is 0.333. The first-order valence-electron chi connectivity index (χ1n) is 14.2. The monoisotopic (exact) mass is 604 g/mol. The average Bonchev–Trinajstić information content (AvgIpc) is 2.99. The maximum atomic E-state index is 15.1. The summed E-state index contributed by atoms with van der Waals surface area (Å²) in [5, 5.41) is 0.217. The fourth-order valence-corrected chi connectivity index (χ4v) is 5.77. The van der Waals surface area contributed by atoms with Crippen molar-refractivity contribution in [3.63, 3.8) is 0 Å². The van der Waals surface area contributed by atoms with Crippen LogP contribution in [0.3, 0.4) is 0 Å². The van der Waals surface area contributed by atoms with Crippen molar-refractivity contribution < 1.29 is 14.0 Å². The third-order valence-corrected chi connectivity index (χ3v) is 7.94. The molecule has 43 heavy (non-hydrogen) atoms. The number of anilines is 3. The first kappa shape index (κ1) is 31.7. The fourth-order valence-electron chi connectivity index (χ4n) is 5.52. The number of aliphatic imine (C=N–C) groups is 1. The van der Waals surface area contributed by atoms with Crippen LogP contribution in [0.25, 0.3) is 11.3 Å². The van der Waals surface area contributed by atoms with Crippen molar-refractivity contribution in [2.24, 2.45) is 4.99 Å². The maximum absolute atomic E-state index is 15.1. The van der Waals surface area contributed by atoms with Crippen LogP contribution in [0, 0.1) is 5.82 Å². The van der Waals surface area contributed by atoms with Gasteiger partial charge in [0.15, 0.2) is 5.82 Å². The smallest absolute Gasteiger partial charge is 0.246 e. The number of halogens is 2. The van der Waals surface area contributed by atoms with Crippen molar-refractivity contribution in [2.45, 2.75) is 32.7 Å². The third-order valence-electron chi connectivity index (χ3n) is 7.65. The Kier molecular flexibility index (Phi) is 9.86. The molecule has 1 aliphatic rings. The summed E-state index contributed by atoms with van der Waals surface area (Å²) in [6, 6.07) is 13.8. The predicted octanol–water partition coefficient (Wildman–Crippen LogP) is 6.12. The second-order valence-corrected chi connectivity index (χ2v) is 11.4. The summed E-state index contributed by atoms with van der Waals surface area (Å²) in [6.07, 6.45) is 2.05. The zero-order valence-electron chi connectivity index (χ0n) is 25.5. The van der Waals surface area contributed by atoms with E-state index < -0.39 is 5.82 Å². The summed E-state index contributed by atoms with van der Waals surface area (Å²) in [5.74, 6) is 0.295. The Morgan fingerprint density at radius 3 is 2.49 bits per heavy atom. The van der Waals surface area contributed by atoms with Crippen molar-refractivity contribution in [3.05, 3.63) is 83.2 Å². The number of benzene rings is 2. The largest absolute Gasteiger partial charge is 0.376 e. The lowest BCUT2D eigenvalue weighted by molar-refractivity contribution is -0.128. The molecule has 10 heteroatoms. The number of nitrogens with zero attached hydrogens (tertiary/aromatic N) is 6. The van der Waals surface area contributed by atoms with Crippen LogP contribution in [0.1, 0.15) is 37.8 Å². The molecule has 8 nitrogen and oxygen atoms in total.